The van der Waals surface area contributed by atoms with E-state index in [0.717, 1.165) is 18.7 Å². The average molecular weight is 543 g/mol. The van der Waals surface area contributed by atoms with Crippen molar-refractivity contribution in [2.75, 3.05) is 33.4 Å². The SMILES string of the molecule is C.COc1ccc(C(=O)CCCCCC(=O)N[C@H](CNCC(C)(C)C)[C@H](O)c2ccc3c(c2)OCCO3)cc1. The second-order valence-corrected chi connectivity index (χ2v) is 10.9. The fourth-order valence-corrected chi connectivity index (χ4v) is 4.27. The minimum absolute atomic E-state index is 0. The van der Waals surface area contributed by atoms with E-state index in [1.807, 2.05) is 0 Å². The van der Waals surface area contributed by atoms with Crippen LogP contribution in [0.4, 0.5) is 0 Å². The molecule has 3 N–H and O–H groups in total. The van der Waals surface area contributed by atoms with Crippen LogP contribution in [-0.4, -0.2) is 56.3 Å². The van der Waals surface area contributed by atoms with Crippen molar-refractivity contribution in [1.29, 1.82) is 0 Å². The van der Waals surface area contributed by atoms with Gasteiger partial charge in [-0.25, -0.2) is 0 Å². The maximum absolute atomic E-state index is 12.8. The molecule has 0 saturated heterocycles. The van der Waals surface area contributed by atoms with Crippen LogP contribution >= 0.6 is 0 Å². The number of benzene rings is 2. The predicted molar refractivity (Wildman–Crippen MR) is 154 cm³/mol. The van der Waals surface area contributed by atoms with Crippen LogP contribution in [0.5, 0.6) is 17.2 Å². The molecule has 1 aliphatic rings. The molecule has 2 atom stereocenters. The first-order chi connectivity index (χ1) is 18.2. The molecule has 1 heterocycles. The summed E-state index contributed by atoms with van der Waals surface area (Å²) in [5.41, 5.74) is 1.40. The van der Waals surface area contributed by atoms with Crippen molar-refractivity contribution in [2.45, 2.75) is 72.4 Å². The number of rotatable bonds is 14. The molecule has 0 radical (unpaired) electrons. The van der Waals surface area contributed by atoms with Crippen LogP contribution in [0.2, 0.25) is 0 Å². The van der Waals surface area contributed by atoms with E-state index in [1.165, 1.54) is 0 Å². The Morgan fingerprint density at radius 3 is 2.31 bits per heavy atom. The van der Waals surface area contributed by atoms with Gasteiger partial charge in [-0.15, -0.1) is 0 Å². The number of fused-ring (bicyclic) bond motifs is 1. The fraction of sp³-hybridized carbons (Fsp3) is 0.548. The number of aliphatic hydroxyl groups is 1. The van der Waals surface area contributed by atoms with Gasteiger partial charge in [0.1, 0.15) is 25.1 Å². The van der Waals surface area contributed by atoms with Crippen LogP contribution in [0, 0.1) is 5.41 Å². The van der Waals surface area contributed by atoms with Crippen molar-refractivity contribution in [3.8, 4) is 17.2 Å². The van der Waals surface area contributed by atoms with Crippen LogP contribution in [0.25, 0.3) is 0 Å². The maximum atomic E-state index is 12.8. The second-order valence-electron chi connectivity index (χ2n) is 10.9. The fourth-order valence-electron chi connectivity index (χ4n) is 4.27. The number of methoxy groups -OCH3 is 1. The van der Waals surface area contributed by atoms with E-state index in [4.69, 9.17) is 14.2 Å². The van der Waals surface area contributed by atoms with Gasteiger partial charge in [-0.3, -0.25) is 9.59 Å². The third-order valence-corrected chi connectivity index (χ3v) is 6.37. The predicted octanol–water partition coefficient (Wildman–Crippen LogP) is 5.09. The molecule has 3 rings (SSSR count). The largest absolute Gasteiger partial charge is 0.497 e. The molecule has 39 heavy (non-hydrogen) atoms. The van der Waals surface area contributed by atoms with E-state index < -0.39 is 12.1 Å². The van der Waals surface area contributed by atoms with Crippen LogP contribution in [0.1, 0.15) is 82.3 Å². The molecule has 1 aliphatic heterocycles. The van der Waals surface area contributed by atoms with Crippen LogP contribution in [-0.2, 0) is 4.79 Å². The molecule has 0 spiro atoms. The summed E-state index contributed by atoms with van der Waals surface area (Å²) in [5.74, 6) is 1.95. The van der Waals surface area contributed by atoms with Crippen molar-refractivity contribution in [2.24, 2.45) is 5.41 Å². The van der Waals surface area contributed by atoms with E-state index in [9.17, 15) is 14.7 Å². The number of carbonyl (C=O) groups excluding carboxylic acids is 2. The Morgan fingerprint density at radius 1 is 0.974 bits per heavy atom. The van der Waals surface area contributed by atoms with Gasteiger partial charge in [0.25, 0.3) is 0 Å². The summed E-state index contributed by atoms with van der Waals surface area (Å²) in [6.07, 6.45) is 2.02. The first-order valence-corrected chi connectivity index (χ1v) is 13.4. The lowest BCUT2D eigenvalue weighted by molar-refractivity contribution is -0.122. The number of Topliss-reactive ketones (excluding diaryl/α,β-unsaturated/α-hetero) is 1. The summed E-state index contributed by atoms with van der Waals surface area (Å²) in [7, 11) is 1.59. The van der Waals surface area contributed by atoms with Gasteiger partial charge in [-0.05, 0) is 60.2 Å². The number of aliphatic hydroxyl groups excluding tert-OH is 1. The molecule has 8 nitrogen and oxygen atoms in total. The third-order valence-electron chi connectivity index (χ3n) is 6.37. The highest BCUT2D eigenvalue weighted by Crippen LogP contribution is 2.33. The van der Waals surface area contributed by atoms with Gasteiger partial charge in [0, 0.05) is 31.5 Å². The number of amides is 1. The Bertz CT molecular complexity index is 1050. The van der Waals surface area contributed by atoms with Gasteiger partial charge in [-0.2, -0.15) is 0 Å². The Balaban J connectivity index is 0.00000533. The Morgan fingerprint density at radius 2 is 1.64 bits per heavy atom. The molecular weight excluding hydrogens is 496 g/mol. The second kappa shape index (κ2) is 15.5. The zero-order chi connectivity index (χ0) is 27.5. The number of hydrogen-bond donors (Lipinski definition) is 3. The van der Waals surface area contributed by atoms with Crippen molar-refractivity contribution >= 4 is 11.7 Å². The zero-order valence-electron chi connectivity index (χ0n) is 23.0. The summed E-state index contributed by atoms with van der Waals surface area (Å²) >= 11 is 0. The Hall–Kier alpha value is -3.10. The molecule has 216 valence electrons. The average Bonchev–Trinajstić information content (AvgIpc) is 2.91. The lowest BCUT2D eigenvalue weighted by atomic mass is 9.96. The minimum atomic E-state index is -0.913. The van der Waals surface area contributed by atoms with Crippen LogP contribution in [0.3, 0.4) is 0 Å². The highest BCUT2D eigenvalue weighted by atomic mass is 16.6. The molecular formula is C31H46N2O6. The number of ketones is 1. The molecule has 0 aromatic heterocycles. The molecule has 1 amide bonds. The molecule has 0 fully saturated rings. The monoisotopic (exact) mass is 542 g/mol. The quantitative estimate of drug-likeness (QED) is 0.226. The summed E-state index contributed by atoms with van der Waals surface area (Å²) in [6.45, 7) is 8.52. The van der Waals surface area contributed by atoms with E-state index >= 15 is 0 Å². The standard InChI is InChI=1S/C30H42N2O6.CH4/c1-30(2,3)20-31-19-24(29(35)22-12-15-26-27(18-22)38-17-16-37-26)32-28(34)9-7-5-6-8-25(33)21-10-13-23(36-4)14-11-21;/h10-15,18,24,29,31,35H,5-9,16-17,19-20H2,1-4H3,(H,32,34);1H4/t24-,29-;/m1./s1. The van der Waals surface area contributed by atoms with Crippen molar-refractivity contribution < 1.29 is 28.9 Å². The lowest BCUT2D eigenvalue weighted by Gasteiger charge is -2.28. The van der Waals surface area contributed by atoms with Crippen LogP contribution in [0.15, 0.2) is 42.5 Å². The number of nitrogens with one attached hydrogen (secondary N) is 2. The zero-order valence-corrected chi connectivity index (χ0v) is 23.0. The van der Waals surface area contributed by atoms with Crippen molar-refractivity contribution in [1.82, 2.24) is 10.6 Å². The lowest BCUT2D eigenvalue weighted by Crippen LogP contribution is -2.47. The number of unbranched alkanes of at least 4 members (excludes halogenated alkanes) is 2. The minimum Gasteiger partial charge on any atom is -0.497 e. The van der Waals surface area contributed by atoms with E-state index in [0.29, 0.717) is 68.1 Å². The topological polar surface area (TPSA) is 106 Å². The van der Waals surface area contributed by atoms with Gasteiger partial charge < -0.3 is 30.0 Å². The van der Waals surface area contributed by atoms with Crippen LogP contribution < -0.4 is 24.8 Å². The van der Waals surface area contributed by atoms with Gasteiger partial charge in [0.15, 0.2) is 17.3 Å². The molecule has 0 bridgehead atoms. The Kier molecular flexibility index (Phi) is 12.7. The van der Waals surface area contributed by atoms with Gasteiger partial charge in [0.2, 0.25) is 5.91 Å². The first-order valence-electron chi connectivity index (χ1n) is 13.4. The number of carbonyl (C=O) groups is 2. The molecule has 0 saturated carbocycles. The van der Waals surface area contributed by atoms with Gasteiger partial charge in [0.05, 0.1) is 13.2 Å². The normalized spacial score (nSPS) is 14.1. The summed E-state index contributed by atoms with van der Waals surface area (Å²) in [4.78, 5) is 25.2. The highest BCUT2D eigenvalue weighted by molar-refractivity contribution is 5.96. The molecule has 2 aromatic carbocycles. The van der Waals surface area contributed by atoms with Crippen molar-refractivity contribution in [3.05, 3.63) is 53.6 Å². The smallest absolute Gasteiger partial charge is 0.220 e. The number of hydrogen-bond acceptors (Lipinski definition) is 7. The summed E-state index contributed by atoms with van der Waals surface area (Å²) < 4.78 is 16.4. The first kappa shape index (κ1) is 32.1. The summed E-state index contributed by atoms with van der Waals surface area (Å²) in [5, 5.41) is 17.6. The third kappa shape index (κ3) is 10.5. The van der Waals surface area contributed by atoms with E-state index in [1.54, 1.807) is 49.6 Å². The highest BCUT2D eigenvalue weighted by Gasteiger charge is 2.25. The van der Waals surface area contributed by atoms with Gasteiger partial charge >= 0.3 is 0 Å². The van der Waals surface area contributed by atoms with E-state index in [-0.39, 0.29) is 24.5 Å². The number of ether oxygens (including phenoxy) is 3. The molecule has 0 aliphatic carbocycles. The molecule has 2 aromatic rings. The van der Waals surface area contributed by atoms with E-state index in [2.05, 4.69) is 31.4 Å². The van der Waals surface area contributed by atoms with Gasteiger partial charge in [-0.1, -0.05) is 40.7 Å². The molecule has 0 unspecified atom stereocenters. The van der Waals surface area contributed by atoms with Crippen molar-refractivity contribution in [3.63, 3.8) is 0 Å². The maximum Gasteiger partial charge on any atom is 0.220 e. The molecule has 8 heteroatoms. The summed E-state index contributed by atoms with van der Waals surface area (Å²) in [6, 6.07) is 12.0. The Labute approximate surface area is 233 Å².